The molecule has 0 nitrogen and oxygen atoms in total. The van der Waals surface area contributed by atoms with Gasteiger partial charge in [-0.15, -0.1) is 11.6 Å². The fourth-order valence-corrected chi connectivity index (χ4v) is 2.80. The number of aryl methyl sites for hydroxylation is 3. The maximum Gasteiger partial charge on any atom is 0.0479 e. The van der Waals surface area contributed by atoms with Gasteiger partial charge in [-0.3, -0.25) is 0 Å². The molecule has 0 N–H and O–H groups in total. The second-order valence-corrected chi connectivity index (χ2v) is 5.04. The van der Waals surface area contributed by atoms with Crippen molar-refractivity contribution in [2.24, 2.45) is 0 Å². The highest BCUT2D eigenvalue weighted by Crippen LogP contribution is 2.23. The Balaban J connectivity index is 3.14. The van der Waals surface area contributed by atoms with Gasteiger partial charge in [0.05, 0.1) is 0 Å². The SMILES string of the molecule is CCCc1cc(CCC)c(CCl)c(CCC)c1. The molecule has 1 heteroatoms. The summed E-state index contributed by atoms with van der Waals surface area (Å²) in [5.74, 6) is 0.664. The van der Waals surface area contributed by atoms with Crippen molar-refractivity contribution >= 4 is 11.6 Å². The van der Waals surface area contributed by atoms with Gasteiger partial charge in [0.2, 0.25) is 0 Å². The van der Waals surface area contributed by atoms with E-state index in [1.165, 1.54) is 47.9 Å². The Morgan fingerprint density at radius 2 is 1.29 bits per heavy atom. The van der Waals surface area contributed by atoms with Crippen molar-refractivity contribution in [1.29, 1.82) is 0 Å². The van der Waals surface area contributed by atoms with Gasteiger partial charge >= 0.3 is 0 Å². The molecule has 0 spiro atoms. The number of hydrogen-bond donors (Lipinski definition) is 0. The Kier molecular flexibility index (Phi) is 6.65. The van der Waals surface area contributed by atoms with E-state index in [0.29, 0.717) is 5.88 Å². The van der Waals surface area contributed by atoms with E-state index in [2.05, 4.69) is 32.9 Å². The Morgan fingerprint density at radius 3 is 1.65 bits per heavy atom. The molecule has 0 bridgehead atoms. The maximum absolute atomic E-state index is 6.14. The number of rotatable bonds is 7. The van der Waals surface area contributed by atoms with E-state index in [0.717, 1.165) is 12.8 Å². The van der Waals surface area contributed by atoms with Gasteiger partial charge in [-0.2, -0.15) is 0 Å². The number of halogens is 1. The normalized spacial score (nSPS) is 10.8. The van der Waals surface area contributed by atoms with Crippen molar-refractivity contribution in [2.75, 3.05) is 0 Å². The first-order valence-corrected chi connectivity index (χ1v) is 7.49. The molecule has 0 aliphatic rings. The van der Waals surface area contributed by atoms with Gasteiger partial charge in [0.15, 0.2) is 0 Å². The minimum absolute atomic E-state index is 0.664. The third-order valence-corrected chi connectivity index (χ3v) is 3.47. The van der Waals surface area contributed by atoms with Crippen LogP contribution in [0.15, 0.2) is 12.1 Å². The number of hydrogen-bond acceptors (Lipinski definition) is 0. The predicted molar refractivity (Wildman–Crippen MR) is 78.0 cm³/mol. The van der Waals surface area contributed by atoms with Crippen molar-refractivity contribution in [3.05, 3.63) is 34.4 Å². The van der Waals surface area contributed by atoms with Gasteiger partial charge in [-0.05, 0) is 41.5 Å². The molecule has 0 heterocycles. The van der Waals surface area contributed by atoms with Gasteiger partial charge in [-0.25, -0.2) is 0 Å². The van der Waals surface area contributed by atoms with E-state index in [9.17, 15) is 0 Å². The molecule has 0 saturated heterocycles. The summed E-state index contributed by atoms with van der Waals surface area (Å²) in [4.78, 5) is 0. The highest BCUT2D eigenvalue weighted by atomic mass is 35.5. The molecule has 0 aliphatic carbocycles. The van der Waals surface area contributed by atoms with Crippen molar-refractivity contribution in [3.8, 4) is 0 Å². The van der Waals surface area contributed by atoms with E-state index < -0.39 is 0 Å². The molecule has 0 amide bonds. The molecule has 1 aromatic rings. The van der Waals surface area contributed by atoms with E-state index in [1.54, 1.807) is 0 Å². The second kappa shape index (κ2) is 7.76. The van der Waals surface area contributed by atoms with Crippen LogP contribution >= 0.6 is 11.6 Å². The molecular weight excluding hydrogens is 228 g/mol. The lowest BCUT2D eigenvalue weighted by molar-refractivity contribution is 0.855. The van der Waals surface area contributed by atoms with Crippen LogP contribution in [-0.4, -0.2) is 0 Å². The topological polar surface area (TPSA) is 0 Å². The third-order valence-electron chi connectivity index (χ3n) is 3.21. The standard InChI is InChI=1S/C16H25Cl/c1-4-7-13-10-14(8-5-2)16(12-17)15(11-13)9-6-3/h10-11H,4-9,12H2,1-3H3. The number of alkyl halides is 1. The molecule has 96 valence electrons. The minimum Gasteiger partial charge on any atom is -0.122 e. The molecule has 0 radical (unpaired) electrons. The quantitative estimate of drug-likeness (QED) is 0.579. The zero-order chi connectivity index (χ0) is 12.7. The molecule has 0 aromatic heterocycles. The van der Waals surface area contributed by atoms with E-state index in [-0.39, 0.29) is 0 Å². The Hall–Kier alpha value is -0.490. The maximum atomic E-state index is 6.14. The molecular formula is C16H25Cl. The fraction of sp³-hybridized carbons (Fsp3) is 0.625. The second-order valence-electron chi connectivity index (χ2n) is 4.78. The van der Waals surface area contributed by atoms with Gasteiger partial charge in [0, 0.05) is 5.88 Å². The number of benzene rings is 1. The summed E-state index contributed by atoms with van der Waals surface area (Å²) >= 11 is 6.14. The molecule has 1 rings (SSSR count). The highest BCUT2D eigenvalue weighted by molar-refractivity contribution is 6.17. The average molecular weight is 253 g/mol. The zero-order valence-corrected chi connectivity index (χ0v) is 12.2. The first-order chi connectivity index (χ1) is 8.26. The fourth-order valence-electron chi connectivity index (χ4n) is 2.46. The van der Waals surface area contributed by atoms with E-state index in [1.807, 2.05) is 0 Å². The summed E-state index contributed by atoms with van der Waals surface area (Å²) in [6, 6.07) is 4.76. The summed E-state index contributed by atoms with van der Waals surface area (Å²) in [5.41, 5.74) is 5.86. The van der Waals surface area contributed by atoms with Crippen LogP contribution < -0.4 is 0 Å². The van der Waals surface area contributed by atoms with E-state index in [4.69, 9.17) is 11.6 Å². The van der Waals surface area contributed by atoms with E-state index >= 15 is 0 Å². The van der Waals surface area contributed by atoms with Crippen LogP contribution in [0.3, 0.4) is 0 Å². The van der Waals surface area contributed by atoms with Crippen LogP contribution in [0.25, 0.3) is 0 Å². The first-order valence-electron chi connectivity index (χ1n) is 6.96. The van der Waals surface area contributed by atoms with Crippen LogP contribution in [0.4, 0.5) is 0 Å². The molecule has 17 heavy (non-hydrogen) atoms. The van der Waals surface area contributed by atoms with Crippen molar-refractivity contribution in [3.63, 3.8) is 0 Å². The van der Waals surface area contributed by atoms with Crippen molar-refractivity contribution in [2.45, 2.75) is 65.2 Å². The minimum atomic E-state index is 0.664. The van der Waals surface area contributed by atoms with Gasteiger partial charge in [0.25, 0.3) is 0 Å². The Morgan fingerprint density at radius 1 is 0.824 bits per heavy atom. The predicted octanol–water partition coefficient (Wildman–Crippen LogP) is 5.28. The molecule has 0 saturated carbocycles. The molecule has 0 aliphatic heterocycles. The smallest absolute Gasteiger partial charge is 0.0479 e. The zero-order valence-electron chi connectivity index (χ0n) is 11.5. The van der Waals surface area contributed by atoms with Gasteiger partial charge in [-0.1, -0.05) is 52.2 Å². The largest absolute Gasteiger partial charge is 0.122 e. The van der Waals surface area contributed by atoms with Crippen LogP contribution in [0.1, 0.15) is 62.3 Å². The van der Waals surface area contributed by atoms with Gasteiger partial charge in [0.1, 0.15) is 0 Å². The van der Waals surface area contributed by atoms with Crippen LogP contribution in [0.5, 0.6) is 0 Å². The molecule has 0 unspecified atom stereocenters. The van der Waals surface area contributed by atoms with Crippen LogP contribution in [0.2, 0.25) is 0 Å². The lowest BCUT2D eigenvalue weighted by atomic mass is 9.92. The lowest BCUT2D eigenvalue weighted by Crippen LogP contribution is -2.01. The summed E-state index contributed by atoms with van der Waals surface area (Å²) < 4.78 is 0. The van der Waals surface area contributed by atoms with Crippen LogP contribution in [-0.2, 0) is 25.1 Å². The summed E-state index contributed by atoms with van der Waals surface area (Å²) in [7, 11) is 0. The van der Waals surface area contributed by atoms with Crippen LogP contribution in [0, 0.1) is 0 Å². The van der Waals surface area contributed by atoms with Crippen molar-refractivity contribution < 1.29 is 0 Å². The highest BCUT2D eigenvalue weighted by Gasteiger charge is 2.09. The summed E-state index contributed by atoms with van der Waals surface area (Å²) in [6.45, 7) is 6.72. The average Bonchev–Trinajstić information content (AvgIpc) is 2.30. The Bertz CT molecular complexity index is 314. The molecule has 1 aromatic carbocycles. The molecule has 0 fully saturated rings. The van der Waals surface area contributed by atoms with Gasteiger partial charge < -0.3 is 0 Å². The first kappa shape index (κ1) is 14.6. The summed E-state index contributed by atoms with van der Waals surface area (Å²) in [6.07, 6.45) is 7.13. The summed E-state index contributed by atoms with van der Waals surface area (Å²) in [5, 5.41) is 0. The van der Waals surface area contributed by atoms with Crippen molar-refractivity contribution in [1.82, 2.24) is 0 Å². The third kappa shape index (κ3) is 4.03. The molecule has 0 atom stereocenters. The monoisotopic (exact) mass is 252 g/mol. The lowest BCUT2D eigenvalue weighted by Gasteiger charge is -2.15. The Labute approximate surface area is 111 Å².